The number of ketones is 1. The molecule has 0 N–H and O–H groups in total. The summed E-state index contributed by atoms with van der Waals surface area (Å²) in [5, 5.41) is 0.802. The molecule has 88 valence electrons. The molecule has 1 aromatic heterocycles. The summed E-state index contributed by atoms with van der Waals surface area (Å²) in [5.41, 5.74) is 0.749. The molecule has 0 aliphatic heterocycles. The van der Waals surface area contributed by atoms with Gasteiger partial charge in [0.15, 0.2) is 5.78 Å². The molecular formula is C11H4Cl4OS. The van der Waals surface area contributed by atoms with Crippen LogP contribution in [0.2, 0.25) is 18.7 Å². The Bertz CT molecular complexity index is 571. The lowest BCUT2D eigenvalue weighted by Gasteiger charge is -2.01. The monoisotopic (exact) mass is 324 g/mol. The largest absolute Gasteiger partial charge is 0.289 e. The molecule has 0 saturated carbocycles. The van der Waals surface area contributed by atoms with Crippen LogP contribution in [0.15, 0.2) is 24.3 Å². The minimum Gasteiger partial charge on any atom is -0.289 e. The van der Waals surface area contributed by atoms with Crippen LogP contribution >= 0.6 is 57.7 Å². The number of benzene rings is 1. The number of thiophene rings is 1. The fourth-order valence-electron chi connectivity index (χ4n) is 1.34. The predicted molar refractivity (Wildman–Crippen MR) is 74.2 cm³/mol. The van der Waals surface area contributed by atoms with Gasteiger partial charge in [-0.05, 0) is 24.3 Å². The normalized spacial score (nSPS) is 10.6. The summed E-state index contributed by atoms with van der Waals surface area (Å²) in [6, 6.07) is 6.17. The van der Waals surface area contributed by atoms with Crippen molar-refractivity contribution >= 4 is 63.5 Å². The lowest BCUT2D eigenvalue weighted by atomic mass is 10.1. The van der Waals surface area contributed by atoms with Crippen molar-refractivity contribution in [3.8, 4) is 0 Å². The Labute approximate surface area is 122 Å². The molecule has 0 radical (unpaired) electrons. The molecule has 17 heavy (non-hydrogen) atoms. The van der Waals surface area contributed by atoms with Gasteiger partial charge in [0.25, 0.3) is 0 Å². The van der Waals surface area contributed by atoms with Gasteiger partial charge in [-0.15, -0.1) is 11.3 Å². The summed E-state index contributed by atoms with van der Waals surface area (Å²) in [5.74, 6) is -0.248. The molecule has 6 heteroatoms. The van der Waals surface area contributed by atoms with Crippen LogP contribution in [0.1, 0.15) is 15.9 Å². The van der Waals surface area contributed by atoms with Gasteiger partial charge in [-0.25, -0.2) is 0 Å². The highest BCUT2D eigenvalue weighted by Crippen LogP contribution is 2.33. The van der Waals surface area contributed by atoms with E-state index in [1.807, 2.05) is 0 Å². The smallest absolute Gasteiger partial charge is 0.195 e. The van der Waals surface area contributed by atoms with Gasteiger partial charge in [-0.1, -0.05) is 46.4 Å². The van der Waals surface area contributed by atoms with Gasteiger partial charge in [0, 0.05) is 15.6 Å². The van der Waals surface area contributed by atoms with E-state index in [4.69, 9.17) is 46.4 Å². The summed E-state index contributed by atoms with van der Waals surface area (Å²) >= 11 is 24.5. The summed E-state index contributed by atoms with van der Waals surface area (Å²) < 4.78 is 0.822. The van der Waals surface area contributed by atoms with Crippen molar-refractivity contribution in [1.82, 2.24) is 0 Å². The highest BCUT2D eigenvalue weighted by atomic mass is 35.5. The van der Waals surface area contributed by atoms with Crippen molar-refractivity contribution in [2.45, 2.75) is 0 Å². The maximum absolute atomic E-state index is 12.1. The number of carbonyl (C=O) groups excluding carboxylic acids is 1. The highest BCUT2D eigenvalue weighted by Gasteiger charge is 2.17. The number of rotatable bonds is 2. The molecule has 0 unspecified atom stereocenters. The Morgan fingerprint density at radius 2 is 1.53 bits per heavy atom. The topological polar surface area (TPSA) is 17.1 Å². The molecule has 1 nitrogen and oxygen atoms in total. The van der Waals surface area contributed by atoms with Gasteiger partial charge in [-0.2, -0.15) is 0 Å². The van der Waals surface area contributed by atoms with E-state index in [1.54, 1.807) is 6.07 Å². The molecule has 2 aromatic rings. The van der Waals surface area contributed by atoms with Crippen LogP contribution in [0.3, 0.4) is 0 Å². The second-order valence-electron chi connectivity index (χ2n) is 3.23. The number of hydrogen-bond acceptors (Lipinski definition) is 2. The quantitative estimate of drug-likeness (QED) is 0.657. The molecule has 0 amide bonds. The first kappa shape index (κ1) is 13.2. The van der Waals surface area contributed by atoms with E-state index >= 15 is 0 Å². The van der Waals surface area contributed by atoms with E-state index in [9.17, 15) is 4.79 Å². The molecular weight excluding hydrogens is 322 g/mol. The molecule has 0 aliphatic carbocycles. The zero-order valence-electron chi connectivity index (χ0n) is 8.14. The summed E-state index contributed by atoms with van der Waals surface area (Å²) in [7, 11) is 0. The van der Waals surface area contributed by atoms with Crippen LogP contribution in [0.4, 0.5) is 0 Å². The molecule has 1 heterocycles. The third kappa shape index (κ3) is 2.95. The SMILES string of the molecule is O=C(c1cc(Cl)cc(Cl)c1)c1cc(Cl)sc1Cl. The van der Waals surface area contributed by atoms with E-state index in [0.29, 0.717) is 29.8 Å². The van der Waals surface area contributed by atoms with Gasteiger partial charge < -0.3 is 0 Å². The van der Waals surface area contributed by atoms with Crippen LogP contribution in [0.5, 0.6) is 0 Å². The van der Waals surface area contributed by atoms with Crippen molar-refractivity contribution in [3.05, 3.63) is 54.1 Å². The molecule has 0 aliphatic rings. The molecule has 0 bridgehead atoms. The Morgan fingerprint density at radius 3 is 2.00 bits per heavy atom. The van der Waals surface area contributed by atoms with Gasteiger partial charge >= 0.3 is 0 Å². The lowest BCUT2D eigenvalue weighted by Crippen LogP contribution is -2.00. The fraction of sp³-hybridized carbons (Fsp3) is 0. The van der Waals surface area contributed by atoms with E-state index in [1.165, 1.54) is 18.2 Å². The van der Waals surface area contributed by atoms with Gasteiger partial charge in [-0.3, -0.25) is 4.79 Å². The van der Waals surface area contributed by atoms with Gasteiger partial charge in [0.2, 0.25) is 0 Å². The lowest BCUT2D eigenvalue weighted by molar-refractivity contribution is 0.103. The minimum absolute atomic E-state index is 0.248. The van der Waals surface area contributed by atoms with Crippen LogP contribution in [0, 0.1) is 0 Å². The van der Waals surface area contributed by atoms with Gasteiger partial charge in [0.1, 0.15) is 4.34 Å². The average Bonchev–Trinajstić information content (AvgIpc) is 2.55. The second-order valence-corrected chi connectivity index (χ2v) is 6.38. The van der Waals surface area contributed by atoms with Crippen molar-refractivity contribution in [2.75, 3.05) is 0 Å². The third-order valence-corrected chi connectivity index (χ3v) is 3.95. The first-order valence-corrected chi connectivity index (χ1v) is 6.76. The molecule has 1 aromatic carbocycles. The zero-order chi connectivity index (χ0) is 12.6. The zero-order valence-corrected chi connectivity index (χ0v) is 12.0. The van der Waals surface area contributed by atoms with Crippen LogP contribution in [-0.2, 0) is 0 Å². The first-order chi connectivity index (χ1) is 7.97. The average molecular weight is 326 g/mol. The van der Waals surface area contributed by atoms with Crippen LogP contribution in [-0.4, -0.2) is 5.78 Å². The summed E-state index contributed by atoms with van der Waals surface area (Å²) in [4.78, 5) is 12.1. The Balaban J connectivity index is 2.47. The summed E-state index contributed by atoms with van der Waals surface area (Å²) in [6.45, 7) is 0. The van der Waals surface area contributed by atoms with E-state index in [-0.39, 0.29) is 5.78 Å². The minimum atomic E-state index is -0.248. The number of carbonyl (C=O) groups is 1. The Kier molecular flexibility index (Phi) is 4.01. The molecule has 0 atom stereocenters. The van der Waals surface area contributed by atoms with E-state index < -0.39 is 0 Å². The van der Waals surface area contributed by atoms with Crippen molar-refractivity contribution in [3.63, 3.8) is 0 Å². The van der Waals surface area contributed by atoms with Gasteiger partial charge in [0.05, 0.1) is 9.90 Å². The highest BCUT2D eigenvalue weighted by molar-refractivity contribution is 7.20. The van der Waals surface area contributed by atoms with Crippen molar-refractivity contribution in [1.29, 1.82) is 0 Å². The maximum Gasteiger partial charge on any atom is 0.195 e. The number of hydrogen-bond donors (Lipinski definition) is 0. The first-order valence-electron chi connectivity index (χ1n) is 4.43. The van der Waals surface area contributed by atoms with Crippen molar-refractivity contribution in [2.24, 2.45) is 0 Å². The summed E-state index contributed by atoms with van der Waals surface area (Å²) in [6.07, 6.45) is 0. The number of halogens is 4. The molecule has 0 spiro atoms. The standard InChI is InChI=1S/C11H4Cl4OS/c12-6-1-5(2-7(13)3-6)10(16)8-4-9(14)17-11(8)15/h1-4H. The molecule has 2 rings (SSSR count). The van der Waals surface area contributed by atoms with E-state index in [2.05, 4.69) is 0 Å². The maximum atomic E-state index is 12.1. The van der Waals surface area contributed by atoms with E-state index in [0.717, 1.165) is 11.3 Å². The van der Waals surface area contributed by atoms with Crippen LogP contribution in [0.25, 0.3) is 0 Å². The molecule has 0 saturated heterocycles. The third-order valence-electron chi connectivity index (χ3n) is 2.03. The predicted octanol–water partition coefficient (Wildman–Crippen LogP) is 5.59. The van der Waals surface area contributed by atoms with Crippen LogP contribution < -0.4 is 0 Å². The Hall–Kier alpha value is -0.250. The Morgan fingerprint density at radius 1 is 0.941 bits per heavy atom. The second kappa shape index (κ2) is 5.17. The fourth-order valence-corrected chi connectivity index (χ4v) is 3.32. The van der Waals surface area contributed by atoms with Crippen molar-refractivity contribution < 1.29 is 4.79 Å². The molecule has 0 fully saturated rings.